The van der Waals surface area contributed by atoms with Crippen LogP contribution in [0.2, 0.25) is 0 Å². The molecule has 3 N–H and O–H groups in total. The fourth-order valence-electron chi connectivity index (χ4n) is 11.7. The van der Waals surface area contributed by atoms with Gasteiger partial charge in [-0.15, -0.1) is 11.8 Å². The molecule has 1 amide bonds. The molecular weight excluding hydrogens is 574 g/mol. The number of aliphatic hydroxyl groups is 2. The van der Waals surface area contributed by atoms with Crippen molar-refractivity contribution < 1.29 is 43.5 Å². The summed E-state index contributed by atoms with van der Waals surface area (Å²) in [6.45, 7) is 4.60. The van der Waals surface area contributed by atoms with Crippen molar-refractivity contribution in [3.05, 3.63) is 11.6 Å². The van der Waals surface area contributed by atoms with E-state index in [9.17, 15) is 24.6 Å². The van der Waals surface area contributed by atoms with Gasteiger partial charge in [-0.3, -0.25) is 4.79 Å². The van der Waals surface area contributed by atoms with Gasteiger partial charge in [0.05, 0.1) is 24.1 Å². The Morgan fingerprint density at radius 3 is 2.63 bits per heavy atom. The fourth-order valence-corrected chi connectivity index (χ4v) is 13.0. The van der Waals surface area contributed by atoms with Crippen molar-refractivity contribution >= 4 is 29.9 Å². The molecule has 8 rings (SSSR count). The van der Waals surface area contributed by atoms with E-state index in [-0.39, 0.29) is 70.9 Å². The molecule has 0 aromatic carbocycles. The molecule has 4 saturated carbocycles. The summed E-state index contributed by atoms with van der Waals surface area (Å²) in [4.78, 5) is 36.7. The van der Waals surface area contributed by atoms with Crippen LogP contribution in [0.25, 0.3) is 0 Å². The molecule has 0 aromatic heterocycles. The molecule has 4 aliphatic heterocycles. The summed E-state index contributed by atoms with van der Waals surface area (Å²) in [5, 5.41) is 26.3. The number of ether oxygens (including phenoxy) is 4. The number of nitrogens with one attached hydrogen (secondary N) is 1. The van der Waals surface area contributed by atoms with E-state index in [1.54, 1.807) is 6.08 Å². The third kappa shape index (κ3) is 3.64. The summed E-state index contributed by atoms with van der Waals surface area (Å²) in [6, 6.07) is 0. The number of cyclic esters (lactones) is 1. The maximum atomic E-state index is 13.4. The van der Waals surface area contributed by atoms with Gasteiger partial charge in [0.15, 0.2) is 0 Å². The Kier molecular flexibility index (Phi) is 6.40. The minimum absolute atomic E-state index is 0.0604. The lowest BCUT2D eigenvalue weighted by Gasteiger charge is -2.66. The molecule has 13 atom stereocenters. The number of esters is 1. The van der Waals surface area contributed by atoms with Crippen LogP contribution in [0.15, 0.2) is 11.6 Å². The van der Waals surface area contributed by atoms with Crippen LogP contribution in [0.5, 0.6) is 0 Å². The highest BCUT2D eigenvalue weighted by Crippen LogP contribution is 2.73. The van der Waals surface area contributed by atoms with Gasteiger partial charge in [0.1, 0.15) is 17.8 Å². The number of rotatable bonds is 3. The molecule has 4 aliphatic carbocycles. The zero-order chi connectivity index (χ0) is 30.0. The van der Waals surface area contributed by atoms with E-state index in [2.05, 4.69) is 12.2 Å². The number of amides is 1. The predicted octanol–water partition coefficient (Wildman–Crippen LogP) is 2.45. The number of hydrogen-bond acceptors (Lipinski definition) is 10. The van der Waals surface area contributed by atoms with Crippen LogP contribution in [0.1, 0.15) is 71.6 Å². The van der Waals surface area contributed by atoms with Gasteiger partial charge in [-0.2, -0.15) is 0 Å². The van der Waals surface area contributed by atoms with Crippen molar-refractivity contribution in [2.75, 3.05) is 19.0 Å². The maximum Gasteiger partial charge on any atom is 0.331 e. The van der Waals surface area contributed by atoms with Crippen LogP contribution in [0.3, 0.4) is 0 Å². The molecule has 0 radical (unpaired) electrons. The summed E-state index contributed by atoms with van der Waals surface area (Å²) >= 11 is 1.34. The number of carbonyl (C=O) groups excluding carboxylic acids is 3. The molecule has 8 aliphatic rings. The van der Waals surface area contributed by atoms with Crippen molar-refractivity contribution in [3.8, 4) is 0 Å². The molecule has 1 spiro atoms. The first-order chi connectivity index (χ1) is 20.5. The van der Waals surface area contributed by atoms with E-state index < -0.39 is 28.5 Å². The van der Waals surface area contributed by atoms with Crippen molar-refractivity contribution in [2.45, 2.75) is 107 Å². The van der Waals surface area contributed by atoms with Crippen LogP contribution in [-0.4, -0.2) is 82.6 Å². The predicted molar refractivity (Wildman–Crippen MR) is 153 cm³/mol. The smallest absolute Gasteiger partial charge is 0.331 e. The van der Waals surface area contributed by atoms with Gasteiger partial charge in [-0.25, -0.2) is 4.79 Å². The Morgan fingerprint density at radius 1 is 1.09 bits per heavy atom. The van der Waals surface area contributed by atoms with E-state index >= 15 is 0 Å². The van der Waals surface area contributed by atoms with Crippen molar-refractivity contribution in [1.29, 1.82) is 0 Å². The summed E-state index contributed by atoms with van der Waals surface area (Å²) in [5.74, 6) is -1.56. The van der Waals surface area contributed by atoms with Crippen LogP contribution < -0.4 is 5.32 Å². The van der Waals surface area contributed by atoms with Crippen molar-refractivity contribution in [2.24, 2.45) is 39.9 Å². The lowest BCUT2D eigenvalue weighted by molar-refractivity contribution is -0.447. The Bertz CT molecular complexity index is 1280. The Labute approximate surface area is 256 Å². The summed E-state index contributed by atoms with van der Waals surface area (Å²) in [5.41, 5.74) is -0.151. The third-order valence-corrected chi connectivity index (χ3v) is 15.1. The zero-order valence-corrected chi connectivity index (χ0v) is 25.7. The highest BCUT2D eigenvalue weighted by Gasteiger charge is 2.73. The first kappa shape index (κ1) is 28.9. The summed E-state index contributed by atoms with van der Waals surface area (Å²) in [6.07, 6.45) is 7.45. The largest absolute Gasteiger partial charge is 0.458 e. The van der Waals surface area contributed by atoms with Crippen LogP contribution in [0.4, 0.5) is 0 Å². The van der Waals surface area contributed by atoms with Gasteiger partial charge in [-0.05, 0) is 93.0 Å². The number of carbonyl (C=O) groups is 3. The zero-order valence-electron chi connectivity index (χ0n) is 24.9. The second-order valence-electron chi connectivity index (χ2n) is 15.0. The first-order valence-electron chi connectivity index (χ1n) is 16.1. The van der Waals surface area contributed by atoms with Crippen LogP contribution in [0, 0.1) is 39.9 Å². The van der Waals surface area contributed by atoms with Crippen molar-refractivity contribution in [3.63, 3.8) is 0 Å². The molecule has 236 valence electrons. The third-order valence-electron chi connectivity index (χ3n) is 13.6. The van der Waals surface area contributed by atoms with E-state index in [1.807, 2.05) is 6.92 Å². The lowest BCUT2D eigenvalue weighted by Crippen LogP contribution is -2.76. The van der Waals surface area contributed by atoms with Gasteiger partial charge in [0.25, 0.3) is 5.79 Å². The van der Waals surface area contributed by atoms with Crippen molar-refractivity contribution in [1.82, 2.24) is 5.32 Å². The van der Waals surface area contributed by atoms with E-state index in [0.29, 0.717) is 25.9 Å². The van der Waals surface area contributed by atoms with Gasteiger partial charge in [0.2, 0.25) is 12.2 Å². The second kappa shape index (κ2) is 9.51. The van der Waals surface area contributed by atoms with Gasteiger partial charge in [-0.1, -0.05) is 6.92 Å². The minimum Gasteiger partial charge on any atom is -0.458 e. The number of aliphatic hydroxyl groups excluding tert-OH is 1. The Hall–Kier alpha value is -1.50. The van der Waals surface area contributed by atoms with E-state index in [0.717, 1.165) is 44.1 Å². The molecule has 0 aromatic rings. The average molecular weight is 618 g/mol. The SMILES string of the molecule is C[C@@H]1C[C@@]2(NC(=O)CS2)[C@]2(O)O[C@@H]3C[C@@]4(C=O)[C@@H](CC[C@@H]5[C@@H]4CC[C@]4(C)[C@@H](C6=CC(=O)OC6)CC[C@]54CO)C[C@H]3O[C@@H]2O1. The molecule has 4 heterocycles. The standard InChI is InChI=1S/C32H43NO9S/c1-17-11-31(33-25(36)14-43-31)32(38)27(40-17)41-23-10-19-3-4-22-21(29(19,15-34)12-24(23)42-32)5-7-28(2)20(6-8-30(22,28)16-35)18-9-26(37)39-13-18/h9,15,17,19-24,27,35,38H,3-8,10-14,16H2,1-2H3,(H,33,36)/t17-,19+,20-,21+,22-,23-,24-,27+,28-,29-,30+,31+,32-/m1/s1. The fraction of sp³-hybridized carbons (Fsp3) is 0.844. The second-order valence-corrected chi connectivity index (χ2v) is 16.3. The number of hydrogen-bond donors (Lipinski definition) is 3. The number of fused-ring (bicyclic) bond motifs is 8. The molecule has 43 heavy (non-hydrogen) atoms. The van der Waals surface area contributed by atoms with E-state index in [1.165, 1.54) is 18.0 Å². The number of thioether (sulfide) groups is 1. The minimum atomic E-state index is -1.88. The molecule has 7 fully saturated rings. The van der Waals surface area contributed by atoms with E-state index in [4.69, 9.17) is 18.9 Å². The monoisotopic (exact) mass is 617 g/mol. The molecule has 0 unspecified atom stereocenters. The summed E-state index contributed by atoms with van der Waals surface area (Å²) < 4.78 is 24.5. The Morgan fingerprint density at radius 2 is 1.93 bits per heavy atom. The normalized spacial score (nSPS) is 55.3. The van der Waals surface area contributed by atoms with Gasteiger partial charge >= 0.3 is 5.97 Å². The average Bonchev–Trinajstić information content (AvgIpc) is 3.66. The highest BCUT2D eigenvalue weighted by atomic mass is 32.2. The maximum absolute atomic E-state index is 13.4. The molecule has 11 heteroatoms. The highest BCUT2D eigenvalue weighted by molar-refractivity contribution is 8.01. The summed E-state index contributed by atoms with van der Waals surface area (Å²) in [7, 11) is 0. The topological polar surface area (TPSA) is 141 Å². The van der Waals surface area contributed by atoms with Crippen LogP contribution >= 0.6 is 11.8 Å². The van der Waals surface area contributed by atoms with Crippen LogP contribution in [-0.2, 0) is 33.3 Å². The van der Waals surface area contributed by atoms with Gasteiger partial charge in [0, 0.05) is 29.9 Å². The Balaban J connectivity index is 1.11. The molecule has 0 bridgehead atoms. The molecule has 10 nitrogen and oxygen atoms in total. The lowest BCUT2D eigenvalue weighted by atomic mass is 9.40. The molecule has 3 saturated heterocycles. The quantitative estimate of drug-likeness (QED) is 0.246. The van der Waals surface area contributed by atoms with Gasteiger partial charge < -0.3 is 39.3 Å². The first-order valence-corrected chi connectivity index (χ1v) is 17.1. The molecular formula is C32H43NO9S. The number of aldehydes is 1.